The lowest BCUT2D eigenvalue weighted by atomic mass is 9.92. The van der Waals surface area contributed by atoms with Gasteiger partial charge in [0.15, 0.2) is 5.82 Å². The lowest BCUT2D eigenvalue weighted by Gasteiger charge is -2.43. The van der Waals surface area contributed by atoms with Crippen molar-refractivity contribution in [2.45, 2.75) is 78.1 Å². The molecule has 1 aliphatic rings. The highest BCUT2D eigenvalue weighted by molar-refractivity contribution is 5.90. The van der Waals surface area contributed by atoms with Crippen LogP contribution in [0.25, 0.3) is 33.2 Å². The fourth-order valence-electron chi connectivity index (χ4n) is 5.52. The maximum absolute atomic E-state index is 13.5. The van der Waals surface area contributed by atoms with Gasteiger partial charge in [0.2, 0.25) is 0 Å². The van der Waals surface area contributed by atoms with Crippen molar-refractivity contribution in [1.82, 2.24) is 29.2 Å². The molecule has 0 radical (unpaired) electrons. The number of hydrogen-bond acceptors (Lipinski definition) is 7. The first kappa shape index (κ1) is 25.7. The number of pyridine rings is 1. The van der Waals surface area contributed by atoms with Crippen LogP contribution in [0.5, 0.6) is 5.75 Å². The fourth-order valence-corrected chi connectivity index (χ4v) is 5.52. The van der Waals surface area contributed by atoms with Crippen molar-refractivity contribution in [2.75, 3.05) is 0 Å². The SMILES string of the molecule is Cc1c(O)c(-c2ncc3c(=O)n(C4C[C@@H](C)N(C(=O)OC(C)(C)C)[C@H](C)C4)ccc3n2)cc2cn(C)nc12. The van der Waals surface area contributed by atoms with Crippen molar-refractivity contribution in [1.29, 1.82) is 0 Å². The Balaban J connectivity index is 1.46. The molecule has 4 heterocycles. The first-order valence-electron chi connectivity index (χ1n) is 12.9. The van der Waals surface area contributed by atoms with Gasteiger partial charge in [-0.1, -0.05) is 0 Å². The first-order valence-corrected chi connectivity index (χ1v) is 12.9. The molecule has 10 nitrogen and oxygen atoms in total. The minimum atomic E-state index is -0.569. The predicted molar refractivity (Wildman–Crippen MR) is 145 cm³/mol. The van der Waals surface area contributed by atoms with Crippen LogP contribution >= 0.6 is 0 Å². The maximum atomic E-state index is 13.5. The average Bonchev–Trinajstić information content (AvgIpc) is 3.20. The van der Waals surface area contributed by atoms with Crippen LogP contribution in [0.4, 0.5) is 4.79 Å². The number of carbonyl (C=O) groups is 1. The topological polar surface area (TPSA) is 115 Å². The van der Waals surface area contributed by atoms with Crippen LogP contribution in [0.3, 0.4) is 0 Å². The number of phenolic OH excluding ortho intramolecular Hbond substituents is 1. The number of carbonyl (C=O) groups excluding carboxylic acids is 1. The first-order chi connectivity index (χ1) is 17.8. The summed E-state index contributed by atoms with van der Waals surface area (Å²) in [6.45, 7) is 11.4. The lowest BCUT2D eigenvalue weighted by molar-refractivity contribution is -0.00633. The Hall–Kier alpha value is -3.95. The van der Waals surface area contributed by atoms with Crippen LogP contribution in [0.2, 0.25) is 0 Å². The molecule has 1 saturated heterocycles. The lowest BCUT2D eigenvalue weighted by Crippen LogP contribution is -2.52. The molecule has 1 aliphatic heterocycles. The monoisotopic (exact) mass is 518 g/mol. The van der Waals surface area contributed by atoms with Gasteiger partial charge in [0.1, 0.15) is 11.4 Å². The molecule has 1 aromatic carbocycles. The largest absolute Gasteiger partial charge is 0.507 e. The number of aromatic nitrogens is 5. The summed E-state index contributed by atoms with van der Waals surface area (Å²) in [4.78, 5) is 37.1. The van der Waals surface area contributed by atoms with Gasteiger partial charge in [-0.15, -0.1) is 0 Å². The summed E-state index contributed by atoms with van der Waals surface area (Å²) < 4.78 is 9.04. The minimum Gasteiger partial charge on any atom is -0.507 e. The molecular weight excluding hydrogens is 484 g/mol. The number of ether oxygens (including phenoxy) is 1. The van der Waals surface area contributed by atoms with Gasteiger partial charge in [0, 0.05) is 54.7 Å². The number of aryl methyl sites for hydroxylation is 2. The Kier molecular flexibility index (Phi) is 6.16. The van der Waals surface area contributed by atoms with E-state index in [1.807, 2.05) is 66.9 Å². The van der Waals surface area contributed by atoms with Crippen molar-refractivity contribution >= 4 is 27.9 Å². The van der Waals surface area contributed by atoms with E-state index in [-0.39, 0.29) is 35.5 Å². The van der Waals surface area contributed by atoms with E-state index in [4.69, 9.17) is 4.74 Å². The smallest absolute Gasteiger partial charge is 0.410 e. The molecule has 10 heteroatoms. The molecule has 0 bridgehead atoms. The van der Waals surface area contributed by atoms with Gasteiger partial charge < -0.3 is 19.3 Å². The number of benzene rings is 1. The molecule has 1 N–H and O–H groups in total. The molecule has 1 fully saturated rings. The Bertz CT molecular complexity index is 1600. The van der Waals surface area contributed by atoms with E-state index in [1.165, 1.54) is 6.20 Å². The fraction of sp³-hybridized carbons (Fsp3) is 0.464. The molecule has 0 saturated carbocycles. The number of amides is 1. The molecule has 5 rings (SSSR count). The number of nitrogens with zero attached hydrogens (tertiary/aromatic N) is 6. The zero-order valence-electron chi connectivity index (χ0n) is 22.9. The number of fused-ring (bicyclic) bond motifs is 2. The summed E-state index contributed by atoms with van der Waals surface area (Å²) in [6, 6.07) is 3.37. The molecule has 38 heavy (non-hydrogen) atoms. The number of hydrogen-bond donors (Lipinski definition) is 1. The molecular formula is C28H34N6O4. The summed E-state index contributed by atoms with van der Waals surface area (Å²) in [5.74, 6) is 0.414. The summed E-state index contributed by atoms with van der Waals surface area (Å²) >= 11 is 0. The van der Waals surface area contributed by atoms with Crippen LogP contribution in [-0.2, 0) is 11.8 Å². The molecule has 200 valence electrons. The Morgan fingerprint density at radius 1 is 1.18 bits per heavy atom. The summed E-state index contributed by atoms with van der Waals surface area (Å²) in [5.41, 5.74) is 1.63. The van der Waals surface area contributed by atoms with Gasteiger partial charge in [0.25, 0.3) is 5.56 Å². The van der Waals surface area contributed by atoms with E-state index in [0.717, 1.165) is 10.9 Å². The average molecular weight is 519 g/mol. The van der Waals surface area contributed by atoms with Crippen LogP contribution in [0.1, 0.15) is 59.1 Å². The van der Waals surface area contributed by atoms with Crippen molar-refractivity contribution in [3.63, 3.8) is 0 Å². The second-order valence-electron chi connectivity index (χ2n) is 11.4. The third-order valence-corrected chi connectivity index (χ3v) is 7.21. The molecule has 4 aromatic rings. The van der Waals surface area contributed by atoms with E-state index >= 15 is 0 Å². The van der Waals surface area contributed by atoms with Crippen LogP contribution in [0.15, 0.2) is 35.5 Å². The molecule has 0 unspecified atom stereocenters. The molecule has 0 aliphatic carbocycles. The van der Waals surface area contributed by atoms with Gasteiger partial charge in [-0.05, 0) is 66.5 Å². The number of rotatable bonds is 2. The molecule has 0 spiro atoms. The van der Waals surface area contributed by atoms with Gasteiger partial charge in [-0.25, -0.2) is 14.8 Å². The van der Waals surface area contributed by atoms with Crippen molar-refractivity contribution in [3.05, 3.63) is 46.6 Å². The number of aromatic hydroxyl groups is 1. The quantitative estimate of drug-likeness (QED) is 0.409. The van der Waals surface area contributed by atoms with Crippen LogP contribution in [0, 0.1) is 6.92 Å². The van der Waals surface area contributed by atoms with Crippen molar-refractivity contribution in [2.24, 2.45) is 7.05 Å². The van der Waals surface area contributed by atoms with Gasteiger partial charge in [-0.2, -0.15) is 5.10 Å². The Labute approximate surface area is 220 Å². The van der Waals surface area contributed by atoms with E-state index < -0.39 is 5.60 Å². The number of phenols is 1. The summed E-state index contributed by atoms with van der Waals surface area (Å²) in [5, 5.41) is 16.5. The van der Waals surface area contributed by atoms with Gasteiger partial charge in [0.05, 0.1) is 22.0 Å². The predicted octanol–water partition coefficient (Wildman–Crippen LogP) is 4.71. The third kappa shape index (κ3) is 4.48. The minimum absolute atomic E-state index is 0.0728. The third-order valence-electron chi connectivity index (χ3n) is 7.21. The number of likely N-dealkylation sites (tertiary alicyclic amines) is 1. The van der Waals surface area contributed by atoms with Crippen LogP contribution < -0.4 is 5.56 Å². The van der Waals surface area contributed by atoms with Crippen LogP contribution in [-0.4, -0.2) is 58.1 Å². The standard InChI is InChI=1S/C28H34N6O4/c1-15-10-19(11-16(2)34(15)27(37)38-28(4,5)6)33-9-8-22-21(26(33)36)13-29-25(30-22)20-12-18-14-32(7)31-23(18)17(3)24(20)35/h8-9,12-16,19,35H,10-11H2,1-7H3/t15-,16-/m1/s1. The van der Waals surface area contributed by atoms with Gasteiger partial charge in [-0.3, -0.25) is 9.48 Å². The molecule has 2 atom stereocenters. The Morgan fingerprint density at radius 2 is 1.87 bits per heavy atom. The van der Waals surface area contributed by atoms with E-state index in [1.54, 1.807) is 20.3 Å². The van der Waals surface area contributed by atoms with Crippen molar-refractivity contribution in [3.8, 4) is 17.1 Å². The molecule has 3 aromatic heterocycles. The zero-order chi connectivity index (χ0) is 27.5. The summed E-state index contributed by atoms with van der Waals surface area (Å²) in [7, 11) is 1.83. The van der Waals surface area contributed by atoms with E-state index in [9.17, 15) is 14.7 Å². The highest BCUT2D eigenvalue weighted by Gasteiger charge is 2.37. The highest BCUT2D eigenvalue weighted by atomic mass is 16.6. The second kappa shape index (κ2) is 9.11. The number of piperidine rings is 1. The second-order valence-corrected chi connectivity index (χ2v) is 11.4. The maximum Gasteiger partial charge on any atom is 0.410 e. The zero-order valence-corrected chi connectivity index (χ0v) is 22.9. The van der Waals surface area contributed by atoms with Gasteiger partial charge >= 0.3 is 6.09 Å². The normalized spacial score (nSPS) is 20.3. The van der Waals surface area contributed by atoms with E-state index in [2.05, 4.69) is 15.1 Å². The Morgan fingerprint density at radius 3 is 2.53 bits per heavy atom. The van der Waals surface area contributed by atoms with Crippen molar-refractivity contribution < 1.29 is 14.6 Å². The summed E-state index contributed by atoms with van der Waals surface area (Å²) in [6.07, 6.45) is 6.11. The molecule has 1 amide bonds. The highest BCUT2D eigenvalue weighted by Crippen LogP contribution is 2.36. The van der Waals surface area contributed by atoms with E-state index in [0.29, 0.717) is 40.7 Å².